The zero-order valence-corrected chi connectivity index (χ0v) is 17.7. The molecule has 1 aromatic rings. The number of halogens is 2. The second kappa shape index (κ2) is 8.00. The molecular formula is C21H28Cl2N2O2. The third kappa shape index (κ3) is 4.60. The number of nitrogens with one attached hydrogen (secondary N) is 1. The summed E-state index contributed by atoms with van der Waals surface area (Å²) in [4.78, 5) is 26.7. The maximum absolute atomic E-state index is 12.7. The summed E-state index contributed by atoms with van der Waals surface area (Å²) < 4.78 is 0. The van der Waals surface area contributed by atoms with Crippen molar-refractivity contribution >= 4 is 40.7 Å². The van der Waals surface area contributed by atoms with Gasteiger partial charge in [-0.1, -0.05) is 50.0 Å². The first-order valence-electron chi connectivity index (χ1n) is 9.71. The Kier molecular flexibility index (Phi) is 6.07. The molecule has 1 saturated heterocycles. The normalized spacial score (nSPS) is 26.3. The van der Waals surface area contributed by atoms with Crippen molar-refractivity contribution in [2.45, 2.75) is 58.9 Å². The van der Waals surface area contributed by atoms with Crippen LogP contribution in [0.1, 0.15) is 52.9 Å². The van der Waals surface area contributed by atoms with Gasteiger partial charge in [0.05, 0.1) is 21.7 Å². The number of hydrogen-bond acceptors (Lipinski definition) is 2. The zero-order valence-electron chi connectivity index (χ0n) is 16.2. The molecule has 1 saturated carbocycles. The van der Waals surface area contributed by atoms with Crippen molar-refractivity contribution in [3.63, 3.8) is 0 Å². The lowest BCUT2D eigenvalue weighted by molar-refractivity contribution is -0.127. The molecule has 4 nitrogen and oxygen atoms in total. The topological polar surface area (TPSA) is 49.4 Å². The van der Waals surface area contributed by atoms with Gasteiger partial charge >= 0.3 is 0 Å². The fourth-order valence-corrected chi connectivity index (χ4v) is 4.64. The van der Waals surface area contributed by atoms with Gasteiger partial charge in [0.1, 0.15) is 0 Å². The molecule has 1 atom stereocenters. The second-order valence-corrected chi connectivity index (χ2v) is 9.69. The Hall–Kier alpha value is -1.26. The molecular weight excluding hydrogens is 383 g/mol. The molecule has 0 aromatic heterocycles. The smallest absolute Gasteiger partial charge is 0.227 e. The van der Waals surface area contributed by atoms with E-state index in [0.717, 1.165) is 25.7 Å². The Bertz CT molecular complexity index is 721. The minimum Gasteiger partial charge on any atom is -0.353 e. The number of anilines is 1. The van der Waals surface area contributed by atoms with E-state index in [-0.39, 0.29) is 30.2 Å². The highest BCUT2D eigenvalue weighted by Gasteiger charge is 2.37. The summed E-state index contributed by atoms with van der Waals surface area (Å²) in [6, 6.07) is 5.43. The first-order chi connectivity index (χ1) is 12.7. The summed E-state index contributed by atoms with van der Waals surface area (Å²) in [5.74, 6) is 0.256. The molecule has 2 amide bonds. The molecule has 1 heterocycles. The molecule has 1 aliphatic heterocycles. The lowest BCUT2D eigenvalue weighted by atomic mass is 9.71. The van der Waals surface area contributed by atoms with Crippen LogP contribution in [0.2, 0.25) is 10.0 Å². The van der Waals surface area contributed by atoms with Gasteiger partial charge in [-0.3, -0.25) is 9.59 Å². The average molecular weight is 411 g/mol. The molecule has 0 unspecified atom stereocenters. The maximum atomic E-state index is 12.7. The van der Waals surface area contributed by atoms with Crippen LogP contribution in [0.4, 0.5) is 5.69 Å². The summed E-state index contributed by atoms with van der Waals surface area (Å²) in [7, 11) is 0. The lowest BCUT2D eigenvalue weighted by Crippen LogP contribution is -2.42. The van der Waals surface area contributed by atoms with E-state index in [1.54, 1.807) is 23.1 Å². The molecule has 0 radical (unpaired) electrons. The molecule has 1 aliphatic carbocycles. The van der Waals surface area contributed by atoms with Gasteiger partial charge in [0.15, 0.2) is 0 Å². The zero-order chi connectivity index (χ0) is 19.8. The third-order valence-corrected chi connectivity index (χ3v) is 6.83. The van der Waals surface area contributed by atoms with Gasteiger partial charge in [-0.2, -0.15) is 0 Å². The van der Waals surface area contributed by atoms with E-state index in [0.29, 0.717) is 33.6 Å². The molecule has 6 heteroatoms. The van der Waals surface area contributed by atoms with E-state index < -0.39 is 0 Å². The molecule has 0 bridgehead atoms. The second-order valence-electron chi connectivity index (χ2n) is 8.90. The van der Waals surface area contributed by atoms with Crippen molar-refractivity contribution < 1.29 is 9.59 Å². The molecule has 0 spiro atoms. The fourth-order valence-electron chi connectivity index (χ4n) is 4.24. The highest BCUT2D eigenvalue weighted by molar-refractivity contribution is 6.44. The SMILES string of the molecule is CC(C)(C)C1CCC(NC(=O)[C@H]2CC(=O)N(c3cccc(Cl)c3Cl)C2)CC1. The summed E-state index contributed by atoms with van der Waals surface area (Å²) >= 11 is 12.3. The summed E-state index contributed by atoms with van der Waals surface area (Å²) in [6.07, 6.45) is 4.52. The van der Waals surface area contributed by atoms with Gasteiger partial charge in [-0.25, -0.2) is 0 Å². The van der Waals surface area contributed by atoms with Gasteiger partial charge in [0.2, 0.25) is 11.8 Å². The predicted molar refractivity (Wildman–Crippen MR) is 110 cm³/mol. The number of benzene rings is 1. The monoisotopic (exact) mass is 410 g/mol. The Labute approximate surface area is 171 Å². The van der Waals surface area contributed by atoms with Crippen LogP contribution in [0.5, 0.6) is 0 Å². The number of hydrogen-bond donors (Lipinski definition) is 1. The first-order valence-corrected chi connectivity index (χ1v) is 10.5. The van der Waals surface area contributed by atoms with Crippen LogP contribution in [-0.4, -0.2) is 24.4 Å². The molecule has 3 rings (SSSR count). The van der Waals surface area contributed by atoms with Crippen molar-refractivity contribution in [3.05, 3.63) is 28.2 Å². The maximum Gasteiger partial charge on any atom is 0.227 e. The van der Waals surface area contributed by atoms with Gasteiger partial charge in [-0.15, -0.1) is 0 Å². The molecule has 1 aromatic carbocycles. The van der Waals surface area contributed by atoms with Crippen LogP contribution in [-0.2, 0) is 9.59 Å². The van der Waals surface area contributed by atoms with Gasteiger partial charge < -0.3 is 10.2 Å². The largest absolute Gasteiger partial charge is 0.353 e. The minimum absolute atomic E-state index is 0.0248. The molecule has 148 valence electrons. The first kappa shape index (κ1) is 20.5. The van der Waals surface area contributed by atoms with Gasteiger partial charge in [0, 0.05) is 19.0 Å². The number of rotatable bonds is 3. The third-order valence-electron chi connectivity index (χ3n) is 6.02. The van der Waals surface area contributed by atoms with Crippen molar-refractivity contribution in [2.75, 3.05) is 11.4 Å². The van der Waals surface area contributed by atoms with Crippen LogP contribution < -0.4 is 10.2 Å². The van der Waals surface area contributed by atoms with Crippen molar-refractivity contribution in [3.8, 4) is 0 Å². The molecule has 1 N–H and O–H groups in total. The van der Waals surface area contributed by atoms with Crippen LogP contribution in [0.15, 0.2) is 18.2 Å². The van der Waals surface area contributed by atoms with Crippen molar-refractivity contribution in [1.82, 2.24) is 5.32 Å². The lowest BCUT2D eigenvalue weighted by Gasteiger charge is -2.37. The standard InChI is InChI=1S/C21H28Cl2N2O2/c1-21(2,3)14-7-9-15(10-8-14)24-20(27)13-11-18(26)25(12-13)17-6-4-5-16(22)19(17)23/h4-6,13-15H,7-12H2,1-3H3,(H,24,27)/t13-,14?,15?/m0/s1. The van der Waals surface area contributed by atoms with Crippen molar-refractivity contribution in [1.29, 1.82) is 0 Å². The summed E-state index contributed by atoms with van der Waals surface area (Å²) in [6.45, 7) is 7.21. The van der Waals surface area contributed by atoms with E-state index in [2.05, 4.69) is 26.1 Å². The van der Waals surface area contributed by atoms with Crippen LogP contribution in [0.3, 0.4) is 0 Å². The van der Waals surface area contributed by atoms with E-state index in [9.17, 15) is 9.59 Å². The van der Waals surface area contributed by atoms with E-state index in [1.807, 2.05) is 0 Å². The summed E-state index contributed by atoms with van der Waals surface area (Å²) in [5, 5.41) is 3.94. The Morgan fingerprint density at radius 1 is 1.15 bits per heavy atom. The highest BCUT2D eigenvalue weighted by atomic mass is 35.5. The van der Waals surface area contributed by atoms with E-state index in [4.69, 9.17) is 23.2 Å². The van der Waals surface area contributed by atoms with E-state index >= 15 is 0 Å². The Balaban J connectivity index is 1.58. The Morgan fingerprint density at radius 2 is 1.81 bits per heavy atom. The van der Waals surface area contributed by atoms with Gasteiger partial charge in [0.25, 0.3) is 0 Å². The summed E-state index contributed by atoms with van der Waals surface area (Å²) in [5.41, 5.74) is 0.902. The van der Waals surface area contributed by atoms with E-state index in [1.165, 1.54) is 0 Å². The fraction of sp³-hybridized carbons (Fsp3) is 0.619. The van der Waals surface area contributed by atoms with Crippen LogP contribution in [0, 0.1) is 17.3 Å². The van der Waals surface area contributed by atoms with Gasteiger partial charge in [-0.05, 0) is 49.1 Å². The average Bonchev–Trinajstić information content (AvgIpc) is 2.99. The Morgan fingerprint density at radius 3 is 2.44 bits per heavy atom. The minimum atomic E-state index is -0.340. The molecule has 27 heavy (non-hydrogen) atoms. The number of carbonyl (C=O) groups is 2. The number of nitrogens with zero attached hydrogens (tertiary/aromatic N) is 1. The number of amides is 2. The molecule has 2 aliphatic rings. The van der Waals surface area contributed by atoms with Crippen molar-refractivity contribution in [2.24, 2.45) is 17.3 Å². The highest BCUT2D eigenvalue weighted by Crippen LogP contribution is 2.38. The predicted octanol–water partition coefficient (Wildman–Crippen LogP) is 5.07. The number of carbonyl (C=O) groups excluding carboxylic acids is 2. The quantitative estimate of drug-likeness (QED) is 0.755. The van der Waals surface area contributed by atoms with Crippen LogP contribution >= 0.6 is 23.2 Å². The molecule has 2 fully saturated rings. The van der Waals surface area contributed by atoms with Crippen LogP contribution in [0.25, 0.3) is 0 Å².